The lowest BCUT2D eigenvalue weighted by molar-refractivity contribution is 0.0578. The van der Waals surface area contributed by atoms with E-state index in [1.807, 2.05) is 17.9 Å². The highest BCUT2D eigenvalue weighted by atomic mass is 79.9. The smallest absolute Gasteiger partial charge is 0.257 e. The molecule has 4 heteroatoms. The number of carbonyl (C=O) groups excluding carboxylic acids is 1. The van der Waals surface area contributed by atoms with Crippen molar-refractivity contribution >= 4 is 21.8 Å². The van der Waals surface area contributed by atoms with E-state index < -0.39 is 0 Å². The summed E-state index contributed by atoms with van der Waals surface area (Å²) in [6.07, 6.45) is 4.30. The van der Waals surface area contributed by atoms with Gasteiger partial charge in [0.25, 0.3) is 5.91 Å². The summed E-state index contributed by atoms with van der Waals surface area (Å²) in [7, 11) is 0. The van der Waals surface area contributed by atoms with Crippen LogP contribution < -0.4 is 0 Å². The van der Waals surface area contributed by atoms with Crippen LogP contribution >= 0.6 is 15.9 Å². The minimum atomic E-state index is -0.0353. The van der Waals surface area contributed by atoms with E-state index in [0.29, 0.717) is 11.6 Å². The number of carbonyl (C=O) groups is 1. The molecule has 0 unspecified atom stereocenters. The fourth-order valence-electron chi connectivity index (χ4n) is 2.35. The summed E-state index contributed by atoms with van der Waals surface area (Å²) >= 11 is 3.41. The highest BCUT2D eigenvalue weighted by Gasteiger charge is 2.30. The van der Waals surface area contributed by atoms with Gasteiger partial charge in [0.05, 0.1) is 5.56 Å². The Labute approximate surface area is 122 Å². The molecule has 104 valence electrons. The molecule has 1 aromatic carbocycles. The number of aryl methyl sites for hydroxylation is 1. The van der Waals surface area contributed by atoms with Crippen molar-refractivity contribution in [2.24, 2.45) is 0 Å². The molecule has 1 aliphatic rings. The summed E-state index contributed by atoms with van der Waals surface area (Å²) in [5, 5.41) is 10.8. The monoisotopic (exact) mass is 325 g/mol. The number of aromatic hydroxyl groups is 1. The molecular formula is C15H20BrNO2. The van der Waals surface area contributed by atoms with Crippen LogP contribution in [0, 0.1) is 6.92 Å². The van der Waals surface area contributed by atoms with Crippen LogP contribution in [-0.4, -0.2) is 33.8 Å². The molecule has 0 aromatic heterocycles. The average molecular weight is 326 g/mol. The molecule has 0 aliphatic heterocycles. The molecule has 19 heavy (non-hydrogen) atoms. The van der Waals surface area contributed by atoms with Gasteiger partial charge in [-0.15, -0.1) is 0 Å². The van der Waals surface area contributed by atoms with Gasteiger partial charge in [-0.25, -0.2) is 0 Å². The van der Waals surface area contributed by atoms with E-state index >= 15 is 0 Å². The fourth-order valence-corrected chi connectivity index (χ4v) is 2.61. The average Bonchev–Trinajstić information content (AvgIpc) is 2.34. The standard InChI is InChI=1S/C15H20BrNO2/c1-11-6-7-14(18)13(10-11)15(19)17(9-3-8-16)12-4-2-5-12/h6-7,10,12,18H,2-5,8-9H2,1H3. The van der Waals surface area contributed by atoms with Gasteiger partial charge in [0.15, 0.2) is 0 Å². The van der Waals surface area contributed by atoms with E-state index in [1.165, 1.54) is 6.42 Å². The third-order valence-corrected chi connectivity index (χ3v) is 4.25. The minimum Gasteiger partial charge on any atom is -0.507 e. The third kappa shape index (κ3) is 3.30. The molecule has 0 heterocycles. The number of alkyl halides is 1. The number of hydrogen-bond donors (Lipinski definition) is 1. The molecule has 3 nitrogen and oxygen atoms in total. The summed E-state index contributed by atoms with van der Waals surface area (Å²) in [5.41, 5.74) is 1.43. The Morgan fingerprint density at radius 2 is 2.21 bits per heavy atom. The lowest BCUT2D eigenvalue weighted by atomic mass is 9.90. The highest BCUT2D eigenvalue weighted by Crippen LogP contribution is 2.28. The van der Waals surface area contributed by atoms with Crippen LogP contribution in [0.5, 0.6) is 5.75 Å². The molecular weight excluding hydrogens is 306 g/mol. The van der Waals surface area contributed by atoms with E-state index in [9.17, 15) is 9.90 Å². The predicted octanol–water partition coefficient (Wildman–Crippen LogP) is 3.48. The van der Waals surface area contributed by atoms with Crippen LogP contribution in [0.25, 0.3) is 0 Å². The second-order valence-electron chi connectivity index (χ2n) is 5.15. The Balaban J connectivity index is 2.19. The van der Waals surface area contributed by atoms with Crippen molar-refractivity contribution in [2.45, 2.75) is 38.6 Å². The first-order valence-electron chi connectivity index (χ1n) is 6.80. The second kappa shape index (κ2) is 6.42. The van der Waals surface area contributed by atoms with Crippen molar-refractivity contribution in [3.8, 4) is 5.75 Å². The number of amides is 1. The van der Waals surface area contributed by atoms with Gasteiger partial charge in [-0.2, -0.15) is 0 Å². The number of phenolic OH excluding ortho intramolecular Hbond substituents is 1. The Bertz CT molecular complexity index is 457. The molecule has 1 aromatic rings. The van der Waals surface area contributed by atoms with Crippen LogP contribution in [0.15, 0.2) is 18.2 Å². The molecule has 0 bridgehead atoms. The molecule has 0 atom stereocenters. The second-order valence-corrected chi connectivity index (χ2v) is 5.94. The maximum atomic E-state index is 12.6. The quantitative estimate of drug-likeness (QED) is 0.842. The van der Waals surface area contributed by atoms with Gasteiger partial charge in [0, 0.05) is 17.9 Å². The Morgan fingerprint density at radius 3 is 2.79 bits per heavy atom. The zero-order valence-electron chi connectivity index (χ0n) is 11.2. The molecule has 1 saturated carbocycles. The van der Waals surface area contributed by atoms with Crippen molar-refractivity contribution in [2.75, 3.05) is 11.9 Å². The molecule has 2 rings (SSSR count). The van der Waals surface area contributed by atoms with E-state index in [4.69, 9.17) is 0 Å². The van der Waals surface area contributed by atoms with E-state index in [0.717, 1.165) is 36.7 Å². The maximum Gasteiger partial charge on any atom is 0.257 e. The SMILES string of the molecule is Cc1ccc(O)c(C(=O)N(CCCBr)C2CCC2)c1. The number of benzene rings is 1. The largest absolute Gasteiger partial charge is 0.507 e. The van der Waals surface area contributed by atoms with Crippen molar-refractivity contribution in [3.63, 3.8) is 0 Å². The zero-order chi connectivity index (χ0) is 13.8. The van der Waals surface area contributed by atoms with E-state index in [-0.39, 0.29) is 11.7 Å². The van der Waals surface area contributed by atoms with Crippen molar-refractivity contribution in [3.05, 3.63) is 29.3 Å². The van der Waals surface area contributed by atoms with Gasteiger partial charge in [-0.1, -0.05) is 27.6 Å². The van der Waals surface area contributed by atoms with Gasteiger partial charge in [-0.05, 0) is 44.7 Å². The first-order chi connectivity index (χ1) is 9.13. The molecule has 1 N–H and O–H groups in total. The summed E-state index contributed by atoms with van der Waals surface area (Å²) in [5.74, 6) is 0.0469. The molecule has 1 aliphatic carbocycles. The molecule has 0 spiro atoms. The van der Waals surface area contributed by atoms with Crippen molar-refractivity contribution in [1.82, 2.24) is 4.90 Å². The molecule has 1 amide bonds. The Hall–Kier alpha value is -1.03. The fraction of sp³-hybridized carbons (Fsp3) is 0.533. The van der Waals surface area contributed by atoms with Crippen molar-refractivity contribution in [1.29, 1.82) is 0 Å². The van der Waals surface area contributed by atoms with Gasteiger partial charge in [-0.3, -0.25) is 4.79 Å². The van der Waals surface area contributed by atoms with E-state index in [2.05, 4.69) is 15.9 Å². The number of halogens is 1. The first kappa shape index (κ1) is 14.4. The summed E-state index contributed by atoms with van der Waals surface area (Å²) in [6, 6.07) is 5.55. The molecule has 0 radical (unpaired) electrons. The molecule has 1 fully saturated rings. The van der Waals surface area contributed by atoms with Crippen LogP contribution in [0.4, 0.5) is 0 Å². The van der Waals surface area contributed by atoms with Crippen LogP contribution in [0.1, 0.15) is 41.6 Å². The van der Waals surface area contributed by atoms with Crippen LogP contribution in [0.2, 0.25) is 0 Å². The Kier molecular flexibility index (Phi) is 4.86. The number of rotatable bonds is 5. The normalized spacial score (nSPS) is 15.1. The summed E-state index contributed by atoms with van der Waals surface area (Å²) in [6.45, 7) is 2.69. The zero-order valence-corrected chi connectivity index (χ0v) is 12.8. The van der Waals surface area contributed by atoms with Gasteiger partial charge in [0.1, 0.15) is 5.75 Å². The third-order valence-electron chi connectivity index (χ3n) is 3.69. The predicted molar refractivity (Wildman–Crippen MR) is 79.9 cm³/mol. The Morgan fingerprint density at radius 1 is 1.47 bits per heavy atom. The lowest BCUT2D eigenvalue weighted by Crippen LogP contribution is -2.44. The number of nitrogens with zero attached hydrogens (tertiary/aromatic N) is 1. The lowest BCUT2D eigenvalue weighted by Gasteiger charge is -2.37. The topological polar surface area (TPSA) is 40.5 Å². The maximum absolute atomic E-state index is 12.6. The van der Waals surface area contributed by atoms with Gasteiger partial charge >= 0.3 is 0 Å². The van der Waals surface area contributed by atoms with E-state index in [1.54, 1.807) is 12.1 Å². The first-order valence-corrected chi connectivity index (χ1v) is 7.92. The minimum absolute atomic E-state index is 0.0353. The summed E-state index contributed by atoms with van der Waals surface area (Å²) in [4.78, 5) is 14.5. The van der Waals surface area contributed by atoms with Crippen LogP contribution in [-0.2, 0) is 0 Å². The van der Waals surface area contributed by atoms with Crippen LogP contribution in [0.3, 0.4) is 0 Å². The van der Waals surface area contributed by atoms with Gasteiger partial charge < -0.3 is 10.0 Å². The van der Waals surface area contributed by atoms with Gasteiger partial charge in [0.2, 0.25) is 0 Å². The van der Waals surface area contributed by atoms with Crippen molar-refractivity contribution < 1.29 is 9.90 Å². The highest BCUT2D eigenvalue weighted by molar-refractivity contribution is 9.09. The number of hydrogen-bond acceptors (Lipinski definition) is 2. The molecule has 0 saturated heterocycles. The number of phenols is 1. The summed E-state index contributed by atoms with van der Waals surface area (Å²) < 4.78 is 0.